The Kier molecular flexibility index (Phi) is 3.75. The Morgan fingerprint density at radius 1 is 1.47 bits per heavy atom. The van der Waals surface area contributed by atoms with Gasteiger partial charge in [0.15, 0.2) is 5.22 Å². The highest BCUT2D eigenvalue weighted by Gasteiger charge is 2.16. The highest BCUT2D eigenvalue weighted by molar-refractivity contribution is 6.28. The molecule has 1 N–H and O–H groups in total. The van der Waals surface area contributed by atoms with Gasteiger partial charge in [0.2, 0.25) is 0 Å². The van der Waals surface area contributed by atoms with Crippen molar-refractivity contribution in [1.82, 2.24) is 9.78 Å². The molecule has 1 fully saturated rings. The Hall–Kier alpha value is -1.46. The molecule has 19 heavy (non-hydrogen) atoms. The first-order valence-electron chi connectivity index (χ1n) is 6.42. The molecule has 6 heteroatoms. The molecule has 102 valence electrons. The molecule has 1 atom stereocenters. The molecular weight excluding hydrogens is 266 g/mol. The van der Waals surface area contributed by atoms with Crippen LogP contribution in [0.25, 0.3) is 0 Å². The van der Waals surface area contributed by atoms with Gasteiger partial charge in [-0.2, -0.15) is 5.10 Å². The van der Waals surface area contributed by atoms with Crippen molar-refractivity contribution in [2.24, 2.45) is 0 Å². The van der Waals surface area contributed by atoms with Gasteiger partial charge in [0.1, 0.15) is 5.76 Å². The van der Waals surface area contributed by atoms with Crippen molar-refractivity contribution in [2.45, 2.75) is 32.0 Å². The third kappa shape index (κ3) is 3.30. The molecule has 1 unspecified atom stereocenters. The molecule has 1 aliphatic heterocycles. The molecule has 3 heterocycles. The summed E-state index contributed by atoms with van der Waals surface area (Å²) in [5, 5.41) is 7.97. The van der Waals surface area contributed by atoms with E-state index in [1.807, 2.05) is 16.9 Å². The highest BCUT2D eigenvalue weighted by atomic mass is 35.5. The molecule has 2 aromatic rings. The van der Waals surface area contributed by atoms with E-state index >= 15 is 0 Å². The smallest absolute Gasteiger partial charge is 0.193 e. The molecule has 0 aromatic carbocycles. The summed E-state index contributed by atoms with van der Waals surface area (Å²) in [6.07, 6.45) is 6.35. The molecule has 3 rings (SSSR count). The minimum Gasteiger partial charge on any atom is -0.448 e. The van der Waals surface area contributed by atoms with Crippen LogP contribution in [-0.4, -0.2) is 22.5 Å². The minimum absolute atomic E-state index is 0.302. The molecule has 0 amide bonds. The normalized spacial score (nSPS) is 18.9. The van der Waals surface area contributed by atoms with Crippen molar-refractivity contribution in [3.05, 3.63) is 35.5 Å². The largest absolute Gasteiger partial charge is 0.448 e. The second-order valence-electron chi connectivity index (χ2n) is 4.65. The first kappa shape index (κ1) is 12.6. The van der Waals surface area contributed by atoms with Gasteiger partial charge < -0.3 is 14.5 Å². The van der Waals surface area contributed by atoms with Crippen molar-refractivity contribution in [3.8, 4) is 0 Å². The lowest BCUT2D eigenvalue weighted by molar-refractivity contribution is 0.0940. The van der Waals surface area contributed by atoms with E-state index in [-0.39, 0.29) is 0 Å². The van der Waals surface area contributed by atoms with Crippen molar-refractivity contribution >= 4 is 17.3 Å². The number of anilines is 1. The van der Waals surface area contributed by atoms with Crippen molar-refractivity contribution in [2.75, 3.05) is 11.9 Å². The number of nitrogens with one attached hydrogen (secondary N) is 1. The van der Waals surface area contributed by atoms with Gasteiger partial charge in [-0.05, 0) is 36.6 Å². The average molecular weight is 282 g/mol. The van der Waals surface area contributed by atoms with E-state index in [0.29, 0.717) is 17.9 Å². The van der Waals surface area contributed by atoms with Crippen molar-refractivity contribution < 1.29 is 9.15 Å². The number of halogens is 1. The fourth-order valence-corrected chi connectivity index (χ4v) is 2.35. The number of hydrogen-bond donors (Lipinski definition) is 1. The van der Waals surface area contributed by atoms with E-state index in [2.05, 4.69) is 10.4 Å². The van der Waals surface area contributed by atoms with Crippen LogP contribution in [0.5, 0.6) is 0 Å². The third-order valence-electron chi connectivity index (χ3n) is 3.14. The number of nitrogens with zero attached hydrogens (tertiary/aromatic N) is 2. The summed E-state index contributed by atoms with van der Waals surface area (Å²) in [5.74, 6) is 0.803. The molecule has 0 radical (unpaired) electrons. The Morgan fingerprint density at radius 2 is 2.42 bits per heavy atom. The van der Waals surface area contributed by atoms with Gasteiger partial charge in [-0.25, -0.2) is 0 Å². The van der Waals surface area contributed by atoms with E-state index in [9.17, 15) is 0 Å². The van der Waals surface area contributed by atoms with Crippen LogP contribution in [0, 0.1) is 0 Å². The Morgan fingerprint density at radius 3 is 3.16 bits per heavy atom. The SMILES string of the molecule is Clc1ccc(CNc2cnn(CC3CCCO3)c2)o1. The van der Waals surface area contributed by atoms with E-state index in [1.165, 1.54) is 0 Å². The van der Waals surface area contributed by atoms with Gasteiger partial charge in [0, 0.05) is 12.8 Å². The van der Waals surface area contributed by atoms with Crippen LogP contribution in [0.1, 0.15) is 18.6 Å². The lowest BCUT2D eigenvalue weighted by Crippen LogP contribution is -2.15. The van der Waals surface area contributed by atoms with Crippen LogP contribution >= 0.6 is 11.6 Å². The zero-order chi connectivity index (χ0) is 13.1. The molecule has 0 spiro atoms. The monoisotopic (exact) mass is 281 g/mol. The van der Waals surface area contributed by atoms with Crippen LogP contribution in [0.3, 0.4) is 0 Å². The summed E-state index contributed by atoms with van der Waals surface area (Å²) in [5.41, 5.74) is 0.963. The standard InChI is InChI=1S/C13H16ClN3O2/c14-13-4-3-11(19-13)7-15-10-6-16-17(8-10)9-12-2-1-5-18-12/h3-4,6,8,12,15H,1-2,5,7,9H2. The lowest BCUT2D eigenvalue weighted by atomic mass is 10.2. The van der Waals surface area contributed by atoms with Crippen LogP contribution < -0.4 is 5.32 Å². The highest BCUT2D eigenvalue weighted by Crippen LogP contribution is 2.16. The quantitative estimate of drug-likeness (QED) is 0.915. The topological polar surface area (TPSA) is 52.2 Å². The molecule has 0 aliphatic carbocycles. The Bertz CT molecular complexity index is 531. The molecule has 5 nitrogen and oxygen atoms in total. The second-order valence-corrected chi connectivity index (χ2v) is 5.02. The van der Waals surface area contributed by atoms with Crippen LogP contribution in [0.2, 0.25) is 5.22 Å². The van der Waals surface area contributed by atoms with E-state index < -0.39 is 0 Å². The maximum absolute atomic E-state index is 5.72. The number of furan rings is 1. The summed E-state index contributed by atoms with van der Waals surface area (Å²) in [6.45, 7) is 2.28. The predicted octanol–water partition coefficient (Wildman–Crippen LogP) is 2.92. The number of hydrogen-bond acceptors (Lipinski definition) is 4. The Balaban J connectivity index is 1.52. The Labute approximate surface area is 116 Å². The maximum atomic E-state index is 5.72. The van der Waals surface area contributed by atoms with Crippen molar-refractivity contribution in [3.63, 3.8) is 0 Å². The number of rotatable bonds is 5. The third-order valence-corrected chi connectivity index (χ3v) is 3.35. The number of ether oxygens (including phenoxy) is 1. The molecular formula is C13H16ClN3O2. The molecule has 2 aromatic heterocycles. The van der Waals surface area contributed by atoms with Gasteiger partial charge in [-0.1, -0.05) is 0 Å². The molecule has 1 aliphatic rings. The summed E-state index contributed by atoms with van der Waals surface area (Å²) < 4.78 is 12.8. The van der Waals surface area contributed by atoms with Crippen LogP contribution in [0.4, 0.5) is 5.69 Å². The van der Waals surface area contributed by atoms with Crippen LogP contribution in [-0.2, 0) is 17.8 Å². The molecule has 1 saturated heterocycles. The van der Waals surface area contributed by atoms with Crippen LogP contribution in [0.15, 0.2) is 28.9 Å². The fraction of sp³-hybridized carbons (Fsp3) is 0.462. The first-order chi connectivity index (χ1) is 9.29. The minimum atomic E-state index is 0.302. The van der Waals surface area contributed by atoms with Gasteiger partial charge in [0.25, 0.3) is 0 Å². The maximum Gasteiger partial charge on any atom is 0.193 e. The first-order valence-corrected chi connectivity index (χ1v) is 6.79. The fourth-order valence-electron chi connectivity index (χ4n) is 2.19. The molecule has 0 bridgehead atoms. The van der Waals surface area contributed by atoms with Crippen molar-refractivity contribution in [1.29, 1.82) is 0 Å². The second kappa shape index (κ2) is 5.67. The van der Waals surface area contributed by atoms with E-state index in [1.54, 1.807) is 12.3 Å². The van der Waals surface area contributed by atoms with E-state index in [0.717, 1.165) is 37.4 Å². The number of aromatic nitrogens is 2. The lowest BCUT2D eigenvalue weighted by Gasteiger charge is -2.08. The van der Waals surface area contributed by atoms with E-state index in [4.69, 9.17) is 20.8 Å². The molecule has 0 saturated carbocycles. The summed E-state index contributed by atoms with van der Waals surface area (Å²) in [7, 11) is 0. The zero-order valence-corrected chi connectivity index (χ0v) is 11.3. The predicted molar refractivity (Wildman–Crippen MR) is 72.2 cm³/mol. The van der Waals surface area contributed by atoms with Gasteiger partial charge in [-0.3, -0.25) is 4.68 Å². The summed E-state index contributed by atoms with van der Waals surface area (Å²) >= 11 is 5.72. The average Bonchev–Trinajstić information content (AvgIpc) is 3.10. The van der Waals surface area contributed by atoms with Gasteiger partial charge in [-0.15, -0.1) is 0 Å². The van der Waals surface area contributed by atoms with Gasteiger partial charge in [0.05, 0.1) is 31.1 Å². The summed E-state index contributed by atoms with van der Waals surface area (Å²) in [4.78, 5) is 0. The van der Waals surface area contributed by atoms with Gasteiger partial charge >= 0.3 is 0 Å². The zero-order valence-electron chi connectivity index (χ0n) is 10.5. The summed E-state index contributed by atoms with van der Waals surface area (Å²) in [6, 6.07) is 3.59.